The van der Waals surface area contributed by atoms with Gasteiger partial charge in [-0.25, -0.2) is 0 Å². The average molecular weight is 191 g/mol. The fourth-order valence-electron chi connectivity index (χ4n) is 2.00. The number of benzene rings is 1. The first kappa shape index (κ1) is 9.34. The van der Waals surface area contributed by atoms with E-state index in [0.29, 0.717) is 6.04 Å². The Hall–Kier alpha value is -1.22. The molecule has 0 aliphatic carbocycles. The summed E-state index contributed by atoms with van der Waals surface area (Å²) in [5.74, 6) is 0. The van der Waals surface area contributed by atoms with Crippen molar-refractivity contribution >= 4 is 11.4 Å². The van der Waals surface area contributed by atoms with Crippen molar-refractivity contribution in [3.63, 3.8) is 0 Å². The van der Waals surface area contributed by atoms with Gasteiger partial charge in [-0.2, -0.15) is 0 Å². The van der Waals surface area contributed by atoms with E-state index >= 15 is 0 Å². The Morgan fingerprint density at radius 2 is 2.07 bits per heavy atom. The summed E-state index contributed by atoms with van der Waals surface area (Å²) in [6.45, 7) is 2.00. The van der Waals surface area contributed by atoms with Crippen molar-refractivity contribution < 1.29 is 0 Å². The van der Waals surface area contributed by atoms with Crippen molar-refractivity contribution in [3.8, 4) is 0 Å². The molecule has 14 heavy (non-hydrogen) atoms. The third kappa shape index (κ3) is 1.82. The Kier molecular flexibility index (Phi) is 2.59. The Labute approximate surface area is 84.7 Å². The number of hydrogen-bond acceptors (Lipinski definition) is 3. The Morgan fingerprint density at radius 3 is 2.79 bits per heavy atom. The third-order valence-electron chi connectivity index (χ3n) is 2.74. The molecular formula is C11H17N3. The van der Waals surface area contributed by atoms with Gasteiger partial charge in [0.2, 0.25) is 0 Å². The lowest BCUT2D eigenvalue weighted by Gasteiger charge is -2.33. The predicted molar refractivity (Wildman–Crippen MR) is 60.3 cm³/mol. The Bertz CT molecular complexity index is 311. The van der Waals surface area contributed by atoms with Gasteiger partial charge < -0.3 is 16.4 Å². The molecule has 0 saturated carbocycles. The van der Waals surface area contributed by atoms with Crippen LogP contribution in [-0.4, -0.2) is 19.1 Å². The molecule has 1 aliphatic heterocycles. The van der Waals surface area contributed by atoms with E-state index < -0.39 is 0 Å². The van der Waals surface area contributed by atoms with Crippen LogP contribution in [0.4, 0.5) is 11.4 Å². The van der Waals surface area contributed by atoms with Crippen LogP contribution < -0.4 is 16.4 Å². The van der Waals surface area contributed by atoms with Crippen molar-refractivity contribution in [2.75, 3.05) is 23.7 Å². The van der Waals surface area contributed by atoms with Crippen LogP contribution in [0, 0.1) is 0 Å². The molecule has 1 aromatic rings. The van der Waals surface area contributed by atoms with E-state index in [0.717, 1.165) is 37.3 Å². The first-order chi connectivity index (χ1) is 6.77. The normalized spacial score (nSPS) is 22.4. The highest BCUT2D eigenvalue weighted by atomic mass is 15.2. The highest BCUT2D eigenvalue weighted by Gasteiger charge is 2.17. The van der Waals surface area contributed by atoms with Gasteiger partial charge in [-0.3, -0.25) is 0 Å². The zero-order valence-corrected chi connectivity index (χ0v) is 8.32. The monoisotopic (exact) mass is 191 g/mol. The molecule has 1 aliphatic rings. The maximum absolute atomic E-state index is 5.93. The van der Waals surface area contributed by atoms with E-state index in [9.17, 15) is 0 Å². The molecule has 1 atom stereocenters. The SMILES string of the molecule is Nc1ccccc1N1CCC[C@@H](N)C1. The first-order valence-corrected chi connectivity index (χ1v) is 5.12. The van der Waals surface area contributed by atoms with Crippen LogP contribution in [0.3, 0.4) is 0 Å². The smallest absolute Gasteiger partial charge is 0.0600 e. The van der Waals surface area contributed by atoms with Crippen LogP contribution in [0.5, 0.6) is 0 Å². The van der Waals surface area contributed by atoms with Crippen molar-refractivity contribution in [1.82, 2.24) is 0 Å². The van der Waals surface area contributed by atoms with Gasteiger partial charge >= 0.3 is 0 Å². The fourth-order valence-corrected chi connectivity index (χ4v) is 2.00. The second kappa shape index (κ2) is 3.88. The van der Waals surface area contributed by atoms with Crippen molar-refractivity contribution in [2.24, 2.45) is 5.73 Å². The van der Waals surface area contributed by atoms with E-state index in [4.69, 9.17) is 11.5 Å². The van der Waals surface area contributed by atoms with E-state index in [2.05, 4.69) is 11.0 Å². The quantitative estimate of drug-likeness (QED) is 0.656. The molecular weight excluding hydrogens is 174 g/mol. The fraction of sp³-hybridized carbons (Fsp3) is 0.455. The zero-order valence-electron chi connectivity index (χ0n) is 8.32. The highest BCUT2D eigenvalue weighted by molar-refractivity contribution is 5.67. The number of anilines is 2. The maximum atomic E-state index is 5.93. The van der Waals surface area contributed by atoms with Gasteiger partial charge in [0.05, 0.1) is 11.4 Å². The average Bonchev–Trinajstić information content (AvgIpc) is 2.18. The maximum Gasteiger partial charge on any atom is 0.0600 e. The van der Waals surface area contributed by atoms with Gasteiger partial charge in [0.1, 0.15) is 0 Å². The summed E-state index contributed by atoms with van der Waals surface area (Å²) in [6.07, 6.45) is 2.29. The number of nitrogens with two attached hydrogens (primary N) is 2. The molecule has 3 nitrogen and oxygen atoms in total. The molecule has 1 saturated heterocycles. The van der Waals surface area contributed by atoms with E-state index in [1.165, 1.54) is 0 Å². The van der Waals surface area contributed by atoms with Crippen LogP contribution in [-0.2, 0) is 0 Å². The van der Waals surface area contributed by atoms with Crippen molar-refractivity contribution in [2.45, 2.75) is 18.9 Å². The van der Waals surface area contributed by atoms with E-state index in [1.54, 1.807) is 0 Å². The zero-order chi connectivity index (χ0) is 9.97. The number of para-hydroxylation sites is 2. The molecule has 0 amide bonds. The summed E-state index contributed by atoms with van der Waals surface area (Å²) in [7, 11) is 0. The minimum Gasteiger partial charge on any atom is -0.397 e. The van der Waals surface area contributed by atoms with Crippen molar-refractivity contribution in [1.29, 1.82) is 0 Å². The number of nitrogen functional groups attached to an aromatic ring is 1. The van der Waals surface area contributed by atoms with Crippen LogP contribution in [0.25, 0.3) is 0 Å². The Morgan fingerprint density at radius 1 is 1.29 bits per heavy atom. The summed E-state index contributed by atoms with van der Waals surface area (Å²) >= 11 is 0. The molecule has 3 heteroatoms. The van der Waals surface area contributed by atoms with Crippen LogP contribution >= 0.6 is 0 Å². The minimum absolute atomic E-state index is 0.295. The van der Waals surface area contributed by atoms with Gasteiger partial charge in [0.15, 0.2) is 0 Å². The highest BCUT2D eigenvalue weighted by Crippen LogP contribution is 2.25. The Balaban J connectivity index is 2.18. The molecule has 1 aromatic carbocycles. The predicted octanol–water partition coefficient (Wildman–Crippen LogP) is 1.20. The molecule has 0 unspecified atom stereocenters. The molecule has 1 fully saturated rings. The molecule has 0 radical (unpaired) electrons. The first-order valence-electron chi connectivity index (χ1n) is 5.12. The van der Waals surface area contributed by atoms with Crippen LogP contribution in [0.15, 0.2) is 24.3 Å². The summed E-state index contributed by atoms with van der Waals surface area (Å²) in [5, 5.41) is 0. The number of nitrogens with zero attached hydrogens (tertiary/aromatic N) is 1. The molecule has 0 spiro atoms. The molecule has 0 bridgehead atoms. The minimum atomic E-state index is 0.295. The second-order valence-corrected chi connectivity index (χ2v) is 3.91. The second-order valence-electron chi connectivity index (χ2n) is 3.91. The summed E-state index contributed by atoms with van der Waals surface area (Å²) in [4.78, 5) is 2.28. The largest absolute Gasteiger partial charge is 0.397 e. The van der Waals surface area contributed by atoms with Gasteiger partial charge in [0.25, 0.3) is 0 Å². The third-order valence-corrected chi connectivity index (χ3v) is 2.74. The molecule has 76 valence electrons. The van der Waals surface area contributed by atoms with Crippen LogP contribution in [0.2, 0.25) is 0 Å². The molecule has 4 N–H and O–H groups in total. The molecule has 2 rings (SSSR count). The number of piperidine rings is 1. The lowest BCUT2D eigenvalue weighted by atomic mass is 10.1. The van der Waals surface area contributed by atoms with Crippen LogP contribution in [0.1, 0.15) is 12.8 Å². The standard InChI is InChI=1S/C11H17N3/c12-9-4-3-7-14(8-9)11-6-2-1-5-10(11)13/h1-2,5-6,9H,3-4,7-8,12-13H2/t9-/m1/s1. The molecule has 0 aromatic heterocycles. The summed E-state index contributed by atoms with van der Waals surface area (Å²) in [5.41, 5.74) is 13.8. The number of rotatable bonds is 1. The molecule has 1 heterocycles. The van der Waals surface area contributed by atoms with Gasteiger partial charge in [-0.05, 0) is 25.0 Å². The summed E-state index contributed by atoms with van der Waals surface area (Å²) in [6, 6.07) is 8.28. The van der Waals surface area contributed by atoms with E-state index in [1.807, 2.05) is 18.2 Å². The lowest BCUT2D eigenvalue weighted by Crippen LogP contribution is -2.43. The van der Waals surface area contributed by atoms with Crippen molar-refractivity contribution in [3.05, 3.63) is 24.3 Å². The van der Waals surface area contributed by atoms with E-state index in [-0.39, 0.29) is 0 Å². The van der Waals surface area contributed by atoms with Gasteiger partial charge in [-0.1, -0.05) is 12.1 Å². The van der Waals surface area contributed by atoms with Gasteiger partial charge in [0, 0.05) is 19.1 Å². The number of hydrogen-bond donors (Lipinski definition) is 2. The summed E-state index contributed by atoms with van der Waals surface area (Å²) < 4.78 is 0. The topological polar surface area (TPSA) is 55.3 Å². The lowest BCUT2D eigenvalue weighted by molar-refractivity contribution is 0.506. The van der Waals surface area contributed by atoms with Gasteiger partial charge in [-0.15, -0.1) is 0 Å².